The first-order valence-corrected chi connectivity index (χ1v) is 10.9. The zero-order valence-corrected chi connectivity index (χ0v) is 18.0. The average molecular weight is 477 g/mol. The van der Waals surface area contributed by atoms with Crippen molar-refractivity contribution >= 4 is 10.0 Å². The van der Waals surface area contributed by atoms with Crippen LogP contribution in [0.15, 0.2) is 65.6 Å². The standard InChI is InChI=1S/C19H19N5O8S/c1-14-11-19(15-5-3-2-4-6-15)22(21-14)16-7-9-18(10-8-16)33(29,30)20-12-17(32-24(27)28)13-31-23(25)26/h2-11,17,20H,12-13H2,1H3. The van der Waals surface area contributed by atoms with E-state index in [0.717, 1.165) is 17.0 Å². The highest BCUT2D eigenvalue weighted by Crippen LogP contribution is 2.24. The third kappa shape index (κ3) is 6.24. The average Bonchev–Trinajstić information content (AvgIpc) is 3.17. The summed E-state index contributed by atoms with van der Waals surface area (Å²) >= 11 is 0. The molecule has 0 aliphatic carbocycles. The number of hydrogen-bond acceptors (Lipinski definition) is 9. The van der Waals surface area contributed by atoms with Crippen LogP contribution in [0.1, 0.15) is 5.69 Å². The summed E-state index contributed by atoms with van der Waals surface area (Å²) in [6.07, 6.45) is -1.51. The number of aromatic nitrogens is 2. The largest absolute Gasteiger partial charge is 0.312 e. The molecule has 0 saturated carbocycles. The van der Waals surface area contributed by atoms with Crippen molar-refractivity contribution in [3.8, 4) is 16.9 Å². The Balaban J connectivity index is 1.77. The van der Waals surface area contributed by atoms with Crippen molar-refractivity contribution in [1.29, 1.82) is 0 Å². The molecule has 33 heavy (non-hydrogen) atoms. The number of rotatable bonds is 11. The van der Waals surface area contributed by atoms with E-state index < -0.39 is 39.5 Å². The number of hydrogen-bond donors (Lipinski definition) is 1. The molecule has 1 N–H and O–H groups in total. The third-order valence-corrected chi connectivity index (χ3v) is 5.83. The Bertz CT molecular complexity index is 1230. The lowest BCUT2D eigenvalue weighted by molar-refractivity contribution is -0.789. The fourth-order valence-electron chi connectivity index (χ4n) is 2.96. The predicted molar refractivity (Wildman–Crippen MR) is 114 cm³/mol. The van der Waals surface area contributed by atoms with Gasteiger partial charge in [0.1, 0.15) is 12.7 Å². The second-order valence-electron chi connectivity index (χ2n) is 6.76. The minimum absolute atomic E-state index is 0.119. The van der Waals surface area contributed by atoms with Gasteiger partial charge in [-0.1, -0.05) is 30.3 Å². The monoisotopic (exact) mass is 477 g/mol. The lowest BCUT2D eigenvalue weighted by Gasteiger charge is -2.15. The summed E-state index contributed by atoms with van der Waals surface area (Å²) in [6, 6.07) is 17.3. The molecule has 13 nitrogen and oxygen atoms in total. The zero-order chi connectivity index (χ0) is 24.0. The lowest BCUT2D eigenvalue weighted by Crippen LogP contribution is -2.38. The van der Waals surface area contributed by atoms with Gasteiger partial charge < -0.3 is 9.68 Å². The summed E-state index contributed by atoms with van der Waals surface area (Å²) in [5, 5.41) is 22.9. The van der Waals surface area contributed by atoms with E-state index in [-0.39, 0.29) is 4.90 Å². The Kier molecular flexibility index (Phi) is 7.20. The third-order valence-electron chi connectivity index (χ3n) is 4.39. The van der Waals surface area contributed by atoms with Crippen LogP contribution in [0, 0.1) is 27.2 Å². The summed E-state index contributed by atoms with van der Waals surface area (Å²) in [6.45, 7) is 0.406. The lowest BCUT2D eigenvalue weighted by atomic mass is 10.1. The molecule has 14 heteroatoms. The van der Waals surface area contributed by atoms with Crippen molar-refractivity contribution in [3.05, 3.63) is 86.6 Å². The molecule has 0 fully saturated rings. The second-order valence-corrected chi connectivity index (χ2v) is 8.53. The van der Waals surface area contributed by atoms with Gasteiger partial charge in [-0.3, -0.25) is 0 Å². The molecular formula is C19H19N5O8S. The smallest absolute Gasteiger partial charge is 0.294 e. The molecule has 0 spiro atoms. The molecule has 0 aliphatic rings. The molecule has 2 aromatic carbocycles. The fraction of sp³-hybridized carbons (Fsp3) is 0.211. The maximum absolute atomic E-state index is 12.6. The molecule has 0 aliphatic heterocycles. The van der Waals surface area contributed by atoms with Crippen molar-refractivity contribution in [2.24, 2.45) is 0 Å². The van der Waals surface area contributed by atoms with Crippen LogP contribution < -0.4 is 4.72 Å². The van der Waals surface area contributed by atoms with Crippen LogP contribution in [0.4, 0.5) is 0 Å². The molecule has 0 bridgehead atoms. The summed E-state index contributed by atoms with van der Waals surface area (Å²) in [7, 11) is -4.09. The molecule has 0 radical (unpaired) electrons. The summed E-state index contributed by atoms with van der Waals surface area (Å²) < 4.78 is 28.9. The van der Waals surface area contributed by atoms with Gasteiger partial charge >= 0.3 is 0 Å². The van der Waals surface area contributed by atoms with E-state index >= 15 is 0 Å². The number of nitrogens with zero attached hydrogens (tertiary/aromatic N) is 4. The Hall–Kier alpha value is -4.04. The van der Waals surface area contributed by atoms with Gasteiger partial charge in [0, 0.05) is 12.1 Å². The van der Waals surface area contributed by atoms with Crippen LogP contribution in [0.5, 0.6) is 0 Å². The number of aryl methyl sites for hydroxylation is 1. The SMILES string of the molecule is Cc1cc(-c2ccccc2)n(-c2ccc(S(=O)(=O)NCC(CO[N+](=O)[O-])O[N+](=O)[O-])cc2)n1. The van der Waals surface area contributed by atoms with Crippen LogP contribution in [0.3, 0.4) is 0 Å². The summed E-state index contributed by atoms with van der Waals surface area (Å²) in [5.41, 5.74) is 3.16. The molecular weight excluding hydrogens is 458 g/mol. The van der Waals surface area contributed by atoms with Crippen LogP contribution >= 0.6 is 0 Å². The quantitative estimate of drug-likeness (QED) is 0.320. The van der Waals surface area contributed by atoms with Crippen LogP contribution in [-0.4, -0.2) is 47.6 Å². The molecule has 1 atom stereocenters. The molecule has 0 amide bonds. The highest BCUT2D eigenvalue weighted by Gasteiger charge is 2.21. The van der Waals surface area contributed by atoms with Crippen molar-refractivity contribution in [2.45, 2.75) is 17.9 Å². The minimum Gasteiger partial charge on any atom is -0.312 e. The van der Waals surface area contributed by atoms with E-state index in [2.05, 4.69) is 19.5 Å². The van der Waals surface area contributed by atoms with Gasteiger partial charge in [0.15, 0.2) is 0 Å². The molecule has 1 unspecified atom stereocenters. The normalized spacial score (nSPS) is 12.2. The molecule has 174 valence electrons. The Morgan fingerprint density at radius 3 is 2.33 bits per heavy atom. The Morgan fingerprint density at radius 2 is 1.73 bits per heavy atom. The van der Waals surface area contributed by atoms with Gasteiger partial charge in [-0.25, -0.2) is 17.8 Å². The molecule has 0 saturated heterocycles. The molecule has 3 aromatic rings. The van der Waals surface area contributed by atoms with Crippen LogP contribution in [-0.2, 0) is 19.7 Å². The van der Waals surface area contributed by atoms with E-state index in [1.807, 2.05) is 43.3 Å². The number of benzene rings is 2. The maximum Gasteiger partial charge on any atom is 0.294 e. The van der Waals surface area contributed by atoms with Gasteiger partial charge in [-0.15, -0.1) is 20.2 Å². The molecule has 1 heterocycles. The minimum atomic E-state index is -4.09. The molecule has 3 rings (SSSR count). The van der Waals surface area contributed by atoms with Crippen LogP contribution in [0.2, 0.25) is 0 Å². The predicted octanol–water partition coefficient (Wildman–Crippen LogP) is 1.91. The van der Waals surface area contributed by atoms with Crippen molar-refractivity contribution in [2.75, 3.05) is 13.2 Å². The first-order valence-electron chi connectivity index (χ1n) is 9.46. The van der Waals surface area contributed by atoms with Crippen LogP contribution in [0.25, 0.3) is 16.9 Å². The van der Waals surface area contributed by atoms with E-state index in [0.29, 0.717) is 5.69 Å². The van der Waals surface area contributed by atoms with E-state index in [1.165, 1.54) is 12.1 Å². The first kappa shape index (κ1) is 23.6. The fourth-order valence-corrected chi connectivity index (χ4v) is 4.02. The van der Waals surface area contributed by atoms with Gasteiger partial charge in [0.05, 0.1) is 22.0 Å². The van der Waals surface area contributed by atoms with E-state index in [9.17, 15) is 28.6 Å². The van der Waals surface area contributed by atoms with Crippen molar-refractivity contribution in [3.63, 3.8) is 0 Å². The number of nitrogens with one attached hydrogen (secondary N) is 1. The maximum atomic E-state index is 12.6. The topological polar surface area (TPSA) is 169 Å². The Labute approximate surface area is 187 Å². The highest BCUT2D eigenvalue weighted by atomic mass is 32.2. The number of sulfonamides is 1. The second kappa shape index (κ2) is 10.1. The van der Waals surface area contributed by atoms with Gasteiger partial charge in [-0.05, 0) is 37.3 Å². The van der Waals surface area contributed by atoms with Crippen molar-refractivity contribution < 1.29 is 28.3 Å². The van der Waals surface area contributed by atoms with E-state index in [4.69, 9.17) is 0 Å². The van der Waals surface area contributed by atoms with Gasteiger partial charge in [-0.2, -0.15) is 5.10 Å². The van der Waals surface area contributed by atoms with E-state index in [1.54, 1.807) is 16.8 Å². The molecule has 1 aromatic heterocycles. The van der Waals surface area contributed by atoms with Gasteiger partial charge in [0.2, 0.25) is 10.0 Å². The summed E-state index contributed by atoms with van der Waals surface area (Å²) in [4.78, 5) is 29.0. The highest BCUT2D eigenvalue weighted by molar-refractivity contribution is 7.89. The first-order chi connectivity index (χ1) is 15.7. The Morgan fingerprint density at radius 1 is 1.06 bits per heavy atom. The van der Waals surface area contributed by atoms with Gasteiger partial charge in [0.25, 0.3) is 10.2 Å². The zero-order valence-electron chi connectivity index (χ0n) is 17.2. The summed E-state index contributed by atoms with van der Waals surface area (Å²) in [5.74, 6) is 0. The van der Waals surface area contributed by atoms with Crippen molar-refractivity contribution in [1.82, 2.24) is 14.5 Å².